The van der Waals surface area contributed by atoms with Gasteiger partial charge in [0.1, 0.15) is 0 Å². The summed E-state index contributed by atoms with van der Waals surface area (Å²) in [6.07, 6.45) is 2.75. The summed E-state index contributed by atoms with van der Waals surface area (Å²) in [5.41, 5.74) is 0.674. The van der Waals surface area contributed by atoms with Gasteiger partial charge in [0.2, 0.25) is 0 Å². The minimum atomic E-state index is -0.564. The van der Waals surface area contributed by atoms with E-state index in [1.54, 1.807) is 4.90 Å². The summed E-state index contributed by atoms with van der Waals surface area (Å²) in [7, 11) is 0. The maximum atomic E-state index is 12.4. The number of benzene rings is 2. The van der Waals surface area contributed by atoms with Gasteiger partial charge in [0.15, 0.2) is 0 Å². The van der Waals surface area contributed by atoms with Crippen LogP contribution < -0.4 is 5.32 Å². The van der Waals surface area contributed by atoms with Crippen LogP contribution in [0.15, 0.2) is 42.5 Å². The smallest absolute Gasteiger partial charge is 0.313 e. The lowest BCUT2D eigenvalue weighted by atomic mass is 10.1. The fourth-order valence-electron chi connectivity index (χ4n) is 2.59. The van der Waals surface area contributed by atoms with E-state index < -0.39 is 11.8 Å². The summed E-state index contributed by atoms with van der Waals surface area (Å²) in [4.78, 5) is 26.4. The number of unbranched alkanes of at least 4 members (excludes halogenated alkanes) is 1. The Labute approximate surface area is 137 Å². The Kier molecular flexibility index (Phi) is 6.15. The molecule has 122 valence electrons. The van der Waals surface area contributed by atoms with Crippen molar-refractivity contribution >= 4 is 28.3 Å². The Bertz CT molecular complexity index is 677. The van der Waals surface area contributed by atoms with Gasteiger partial charge in [-0.2, -0.15) is 0 Å². The van der Waals surface area contributed by atoms with E-state index in [1.807, 2.05) is 49.4 Å². The third kappa shape index (κ3) is 4.31. The number of hydrogen-bond donors (Lipinski definition) is 1. The van der Waals surface area contributed by atoms with Crippen LogP contribution in [0.1, 0.15) is 33.1 Å². The molecule has 0 unspecified atom stereocenters. The number of rotatable bonds is 6. The second-order valence-corrected chi connectivity index (χ2v) is 5.63. The van der Waals surface area contributed by atoms with Crippen LogP contribution in [0.25, 0.3) is 10.8 Å². The monoisotopic (exact) mass is 312 g/mol. The van der Waals surface area contributed by atoms with Crippen molar-refractivity contribution in [2.75, 3.05) is 18.4 Å². The van der Waals surface area contributed by atoms with E-state index in [0.29, 0.717) is 18.8 Å². The molecule has 2 aromatic carbocycles. The molecule has 0 fully saturated rings. The Morgan fingerprint density at radius 2 is 1.70 bits per heavy atom. The zero-order chi connectivity index (χ0) is 16.7. The number of amides is 2. The molecule has 0 heterocycles. The molecule has 0 bridgehead atoms. The van der Waals surface area contributed by atoms with Gasteiger partial charge in [-0.25, -0.2) is 0 Å². The molecular weight excluding hydrogens is 288 g/mol. The topological polar surface area (TPSA) is 49.4 Å². The van der Waals surface area contributed by atoms with E-state index in [2.05, 4.69) is 12.2 Å². The van der Waals surface area contributed by atoms with E-state index in [1.165, 1.54) is 0 Å². The van der Waals surface area contributed by atoms with Crippen molar-refractivity contribution < 1.29 is 9.59 Å². The Morgan fingerprint density at radius 1 is 0.957 bits per heavy atom. The van der Waals surface area contributed by atoms with Crippen molar-refractivity contribution in [3.8, 4) is 0 Å². The predicted molar refractivity (Wildman–Crippen MR) is 94.4 cm³/mol. The summed E-state index contributed by atoms with van der Waals surface area (Å²) >= 11 is 0. The number of carbonyl (C=O) groups is 2. The van der Waals surface area contributed by atoms with Gasteiger partial charge >= 0.3 is 11.8 Å². The van der Waals surface area contributed by atoms with Crippen LogP contribution in [0.3, 0.4) is 0 Å². The van der Waals surface area contributed by atoms with Crippen LogP contribution in [0.5, 0.6) is 0 Å². The Hall–Kier alpha value is -2.36. The normalized spacial score (nSPS) is 10.5. The van der Waals surface area contributed by atoms with Crippen LogP contribution in [0.4, 0.5) is 5.69 Å². The molecule has 0 saturated carbocycles. The lowest BCUT2D eigenvalue weighted by molar-refractivity contribution is -0.143. The molecule has 4 nitrogen and oxygen atoms in total. The highest BCUT2D eigenvalue weighted by atomic mass is 16.2. The molecule has 1 N–H and O–H groups in total. The van der Waals surface area contributed by atoms with Crippen molar-refractivity contribution in [3.05, 3.63) is 42.5 Å². The number of nitrogens with one attached hydrogen (secondary N) is 1. The van der Waals surface area contributed by atoms with Gasteiger partial charge in [-0.15, -0.1) is 0 Å². The highest BCUT2D eigenvalue weighted by Crippen LogP contribution is 2.22. The summed E-state index contributed by atoms with van der Waals surface area (Å²) in [5.74, 6) is -1.01. The first-order chi connectivity index (χ1) is 11.2. The third-order valence-corrected chi connectivity index (χ3v) is 3.79. The molecule has 0 atom stereocenters. The molecule has 2 rings (SSSR count). The van der Waals surface area contributed by atoms with E-state index >= 15 is 0 Å². The largest absolute Gasteiger partial charge is 0.334 e. The maximum absolute atomic E-state index is 12.4. The summed E-state index contributed by atoms with van der Waals surface area (Å²) in [6.45, 7) is 5.33. The fourth-order valence-corrected chi connectivity index (χ4v) is 2.59. The number of anilines is 1. The third-order valence-electron chi connectivity index (χ3n) is 3.79. The van der Waals surface area contributed by atoms with Gasteiger partial charge in [0.05, 0.1) is 0 Å². The summed E-state index contributed by atoms with van der Waals surface area (Å²) in [5, 5.41) is 4.74. The number of nitrogens with zero attached hydrogens (tertiary/aromatic N) is 1. The lowest BCUT2D eigenvalue weighted by Gasteiger charge is -2.21. The van der Waals surface area contributed by atoms with Crippen LogP contribution in [0, 0.1) is 0 Å². The van der Waals surface area contributed by atoms with E-state index in [4.69, 9.17) is 0 Å². The first-order valence-corrected chi connectivity index (χ1v) is 8.25. The number of carbonyl (C=O) groups excluding carboxylic acids is 2. The van der Waals surface area contributed by atoms with Crippen LogP contribution >= 0.6 is 0 Å². The standard InChI is InChI=1S/C19H24N2O2/c1-3-5-14-21(13-4-2)19(23)18(22)20-17-12-8-10-15-9-6-7-11-16(15)17/h6-12H,3-5,13-14H2,1-2H3,(H,20,22). The van der Waals surface area contributed by atoms with Crippen LogP contribution in [-0.4, -0.2) is 29.8 Å². The Balaban J connectivity index is 2.14. The van der Waals surface area contributed by atoms with E-state index in [0.717, 1.165) is 30.0 Å². The minimum absolute atomic E-state index is 0.451. The average Bonchev–Trinajstić information content (AvgIpc) is 2.58. The van der Waals surface area contributed by atoms with Gasteiger partial charge < -0.3 is 10.2 Å². The first kappa shape index (κ1) is 17.0. The molecule has 0 aliphatic heterocycles. The molecular formula is C19H24N2O2. The Morgan fingerprint density at radius 3 is 2.43 bits per heavy atom. The molecule has 0 aromatic heterocycles. The van der Waals surface area contributed by atoms with E-state index in [-0.39, 0.29) is 0 Å². The van der Waals surface area contributed by atoms with Crippen molar-refractivity contribution in [2.24, 2.45) is 0 Å². The molecule has 0 spiro atoms. The second-order valence-electron chi connectivity index (χ2n) is 5.63. The van der Waals surface area contributed by atoms with Gasteiger partial charge in [-0.1, -0.05) is 56.7 Å². The van der Waals surface area contributed by atoms with Gasteiger partial charge in [-0.05, 0) is 24.3 Å². The van der Waals surface area contributed by atoms with Gasteiger partial charge in [0.25, 0.3) is 0 Å². The van der Waals surface area contributed by atoms with Gasteiger partial charge in [0, 0.05) is 24.2 Å². The fraction of sp³-hybridized carbons (Fsp3) is 0.368. The van der Waals surface area contributed by atoms with Crippen molar-refractivity contribution in [3.63, 3.8) is 0 Å². The average molecular weight is 312 g/mol. The molecule has 0 aliphatic carbocycles. The number of fused-ring (bicyclic) bond motifs is 1. The second kappa shape index (κ2) is 8.32. The molecule has 4 heteroatoms. The lowest BCUT2D eigenvalue weighted by Crippen LogP contribution is -2.40. The molecule has 0 radical (unpaired) electrons. The molecule has 2 aromatic rings. The zero-order valence-corrected chi connectivity index (χ0v) is 13.8. The highest BCUT2D eigenvalue weighted by Gasteiger charge is 2.21. The molecule has 0 aliphatic rings. The van der Waals surface area contributed by atoms with E-state index in [9.17, 15) is 9.59 Å². The van der Waals surface area contributed by atoms with Crippen molar-refractivity contribution in [2.45, 2.75) is 33.1 Å². The number of hydrogen-bond acceptors (Lipinski definition) is 2. The predicted octanol–water partition coefficient (Wildman–Crippen LogP) is 3.82. The summed E-state index contributed by atoms with van der Waals surface area (Å²) < 4.78 is 0. The SMILES string of the molecule is CCCCN(CCC)C(=O)C(=O)Nc1cccc2ccccc12. The molecule has 2 amide bonds. The van der Waals surface area contributed by atoms with Crippen LogP contribution in [-0.2, 0) is 9.59 Å². The van der Waals surface area contributed by atoms with Crippen LogP contribution in [0.2, 0.25) is 0 Å². The summed E-state index contributed by atoms with van der Waals surface area (Å²) in [6, 6.07) is 13.5. The minimum Gasteiger partial charge on any atom is -0.334 e. The van der Waals surface area contributed by atoms with Gasteiger partial charge in [-0.3, -0.25) is 9.59 Å². The maximum Gasteiger partial charge on any atom is 0.313 e. The molecule has 23 heavy (non-hydrogen) atoms. The highest BCUT2D eigenvalue weighted by molar-refractivity contribution is 6.40. The van der Waals surface area contributed by atoms with Crippen molar-refractivity contribution in [1.29, 1.82) is 0 Å². The quantitative estimate of drug-likeness (QED) is 0.824. The molecule has 0 saturated heterocycles. The first-order valence-electron chi connectivity index (χ1n) is 8.25. The zero-order valence-electron chi connectivity index (χ0n) is 13.8. The van der Waals surface area contributed by atoms with Crippen molar-refractivity contribution in [1.82, 2.24) is 4.90 Å².